The third-order valence-electron chi connectivity index (χ3n) is 3.60. The number of aromatic nitrogens is 1. The molecule has 2 heterocycles. The van der Waals surface area contributed by atoms with E-state index >= 15 is 0 Å². The van der Waals surface area contributed by atoms with Gasteiger partial charge in [-0.1, -0.05) is 18.2 Å². The highest BCUT2D eigenvalue weighted by Crippen LogP contribution is 2.32. The number of anilines is 2. The lowest BCUT2D eigenvalue weighted by Gasteiger charge is -2.30. The van der Waals surface area contributed by atoms with Gasteiger partial charge in [0.15, 0.2) is 0 Å². The van der Waals surface area contributed by atoms with E-state index in [4.69, 9.17) is 5.26 Å². The van der Waals surface area contributed by atoms with E-state index in [1.54, 1.807) is 6.20 Å². The lowest BCUT2D eigenvalue weighted by molar-refractivity contribution is 0.759. The van der Waals surface area contributed by atoms with Crippen LogP contribution < -0.4 is 4.90 Å². The van der Waals surface area contributed by atoms with Crippen LogP contribution >= 0.6 is 0 Å². The molecule has 2 aromatic rings. The fourth-order valence-corrected chi connectivity index (χ4v) is 2.58. The molecule has 0 radical (unpaired) electrons. The van der Waals surface area contributed by atoms with E-state index in [-0.39, 0.29) is 0 Å². The van der Waals surface area contributed by atoms with Gasteiger partial charge in [-0.15, -0.1) is 0 Å². The zero-order valence-electron chi connectivity index (χ0n) is 10.9. The number of benzene rings is 1. The fraction of sp³-hybridized carbons (Fsp3) is 0.250. The number of hydrogen-bond donors (Lipinski definition) is 0. The van der Waals surface area contributed by atoms with Crippen LogP contribution in [0.25, 0.3) is 0 Å². The summed E-state index contributed by atoms with van der Waals surface area (Å²) in [5.41, 5.74) is 4.24. The quantitative estimate of drug-likeness (QED) is 0.778. The van der Waals surface area contributed by atoms with Crippen LogP contribution in [0.4, 0.5) is 11.5 Å². The molecule has 0 fully saturated rings. The monoisotopic (exact) mass is 249 g/mol. The van der Waals surface area contributed by atoms with E-state index in [2.05, 4.69) is 40.2 Å². The minimum atomic E-state index is 0.647. The normalized spacial score (nSPS) is 13.8. The highest BCUT2D eigenvalue weighted by atomic mass is 15.2. The summed E-state index contributed by atoms with van der Waals surface area (Å²) in [6.07, 6.45) is 3.93. The number of nitrogens with zero attached hydrogens (tertiary/aromatic N) is 3. The van der Waals surface area contributed by atoms with Gasteiger partial charge in [0.05, 0.1) is 5.56 Å². The summed E-state index contributed by atoms with van der Waals surface area (Å²) in [7, 11) is 0. The maximum atomic E-state index is 8.97. The Bertz CT molecular complexity index is 655. The first-order chi connectivity index (χ1) is 9.29. The molecular weight excluding hydrogens is 234 g/mol. The topological polar surface area (TPSA) is 39.9 Å². The summed E-state index contributed by atoms with van der Waals surface area (Å²) in [4.78, 5) is 6.68. The number of rotatable bonds is 1. The number of aryl methyl sites for hydroxylation is 2. The summed E-state index contributed by atoms with van der Waals surface area (Å²) in [6.45, 7) is 2.94. The fourth-order valence-electron chi connectivity index (χ4n) is 2.58. The molecule has 3 heteroatoms. The Kier molecular flexibility index (Phi) is 2.92. The molecule has 19 heavy (non-hydrogen) atoms. The van der Waals surface area contributed by atoms with Crippen molar-refractivity contribution >= 4 is 11.5 Å². The third kappa shape index (κ3) is 2.06. The lowest BCUT2D eigenvalue weighted by Crippen LogP contribution is -2.25. The Labute approximate surface area is 113 Å². The summed E-state index contributed by atoms with van der Waals surface area (Å²) < 4.78 is 0. The van der Waals surface area contributed by atoms with Crippen LogP contribution in [0.15, 0.2) is 36.5 Å². The first-order valence-electron chi connectivity index (χ1n) is 6.52. The number of fused-ring (bicyclic) bond motifs is 1. The van der Waals surface area contributed by atoms with Gasteiger partial charge < -0.3 is 4.90 Å². The van der Waals surface area contributed by atoms with Gasteiger partial charge in [0, 0.05) is 18.4 Å². The van der Waals surface area contributed by atoms with E-state index in [0.717, 1.165) is 30.8 Å². The second-order valence-electron chi connectivity index (χ2n) is 4.85. The molecule has 0 saturated carbocycles. The molecule has 0 aliphatic carbocycles. The number of pyridine rings is 1. The van der Waals surface area contributed by atoms with Crippen molar-refractivity contribution in [3.63, 3.8) is 0 Å². The minimum Gasteiger partial charge on any atom is -0.326 e. The summed E-state index contributed by atoms with van der Waals surface area (Å²) in [5.74, 6) is 0.934. The van der Waals surface area contributed by atoms with Crippen molar-refractivity contribution in [2.45, 2.75) is 19.8 Å². The molecule has 0 N–H and O–H groups in total. The molecule has 0 saturated heterocycles. The first kappa shape index (κ1) is 11.7. The molecule has 3 rings (SSSR count). The van der Waals surface area contributed by atoms with Crippen LogP contribution in [0, 0.1) is 18.3 Å². The molecule has 0 spiro atoms. The summed E-state index contributed by atoms with van der Waals surface area (Å²) in [6, 6.07) is 12.6. The number of nitriles is 1. The smallest absolute Gasteiger partial charge is 0.133 e. The van der Waals surface area contributed by atoms with Crippen molar-refractivity contribution in [1.82, 2.24) is 4.98 Å². The van der Waals surface area contributed by atoms with E-state index in [1.165, 1.54) is 11.3 Å². The second-order valence-corrected chi connectivity index (χ2v) is 4.85. The lowest BCUT2D eigenvalue weighted by atomic mass is 10.0. The van der Waals surface area contributed by atoms with Gasteiger partial charge in [-0.3, -0.25) is 0 Å². The van der Waals surface area contributed by atoms with E-state index in [1.807, 2.05) is 13.0 Å². The standard InChI is InChI=1S/C16H15N3/c1-12-9-16(18-11-14(12)10-17)19-8-4-6-13-5-2-3-7-15(13)19/h2-3,5,7,9,11H,4,6,8H2,1H3. The van der Waals surface area contributed by atoms with Crippen LogP contribution in [0.5, 0.6) is 0 Å². The molecule has 1 aromatic heterocycles. The Morgan fingerprint density at radius 1 is 1.32 bits per heavy atom. The van der Waals surface area contributed by atoms with Crippen molar-refractivity contribution in [2.75, 3.05) is 11.4 Å². The molecule has 1 aliphatic heterocycles. The van der Waals surface area contributed by atoms with E-state index in [0.29, 0.717) is 5.56 Å². The Balaban J connectivity index is 2.05. The number of para-hydroxylation sites is 1. The SMILES string of the molecule is Cc1cc(N2CCCc3ccccc32)ncc1C#N. The second kappa shape index (κ2) is 4.74. The van der Waals surface area contributed by atoms with Crippen molar-refractivity contribution in [3.05, 3.63) is 53.2 Å². The van der Waals surface area contributed by atoms with Crippen LogP contribution in [-0.4, -0.2) is 11.5 Å². The van der Waals surface area contributed by atoms with Crippen molar-refractivity contribution in [1.29, 1.82) is 5.26 Å². The van der Waals surface area contributed by atoms with Crippen LogP contribution in [0.2, 0.25) is 0 Å². The van der Waals surface area contributed by atoms with Crippen LogP contribution in [0.3, 0.4) is 0 Å². The predicted octanol–water partition coefficient (Wildman–Crippen LogP) is 3.35. The van der Waals surface area contributed by atoms with Gasteiger partial charge in [-0.25, -0.2) is 4.98 Å². The maximum Gasteiger partial charge on any atom is 0.133 e. The van der Waals surface area contributed by atoms with Gasteiger partial charge in [-0.05, 0) is 43.0 Å². The Morgan fingerprint density at radius 2 is 2.16 bits per heavy atom. The van der Waals surface area contributed by atoms with E-state index in [9.17, 15) is 0 Å². The zero-order chi connectivity index (χ0) is 13.2. The van der Waals surface area contributed by atoms with Crippen molar-refractivity contribution < 1.29 is 0 Å². The average molecular weight is 249 g/mol. The van der Waals surface area contributed by atoms with Gasteiger partial charge >= 0.3 is 0 Å². The summed E-state index contributed by atoms with van der Waals surface area (Å²) in [5, 5.41) is 8.97. The molecule has 94 valence electrons. The predicted molar refractivity (Wildman–Crippen MR) is 75.5 cm³/mol. The molecule has 0 atom stereocenters. The molecule has 3 nitrogen and oxygen atoms in total. The minimum absolute atomic E-state index is 0.647. The van der Waals surface area contributed by atoms with Crippen molar-refractivity contribution in [2.24, 2.45) is 0 Å². The molecule has 0 unspecified atom stereocenters. The molecule has 1 aliphatic rings. The van der Waals surface area contributed by atoms with Gasteiger partial charge in [0.2, 0.25) is 0 Å². The maximum absolute atomic E-state index is 8.97. The van der Waals surface area contributed by atoms with Crippen molar-refractivity contribution in [3.8, 4) is 6.07 Å². The highest BCUT2D eigenvalue weighted by Gasteiger charge is 2.18. The Morgan fingerprint density at radius 3 is 2.95 bits per heavy atom. The molecule has 0 bridgehead atoms. The van der Waals surface area contributed by atoms with Gasteiger partial charge in [0.1, 0.15) is 11.9 Å². The molecule has 1 aromatic carbocycles. The number of hydrogen-bond acceptors (Lipinski definition) is 3. The largest absolute Gasteiger partial charge is 0.326 e. The Hall–Kier alpha value is -2.34. The average Bonchev–Trinajstić information content (AvgIpc) is 2.46. The van der Waals surface area contributed by atoms with Crippen LogP contribution in [0.1, 0.15) is 23.1 Å². The first-order valence-corrected chi connectivity index (χ1v) is 6.52. The van der Waals surface area contributed by atoms with Crippen LogP contribution in [-0.2, 0) is 6.42 Å². The van der Waals surface area contributed by atoms with Gasteiger partial charge in [0.25, 0.3) is 0 Å². The molecular formula is C16H15N3. The summed E-state index contributed by atoms with van der Waals surface area (Å²) >= 11 is 0. The third-order valence-corrected chi connectivity index (χ3v) is 3.60. The molecule has 0 amide bonds. The zero-order valence-corrected chi connectivity index (χ0v) is 10.9. The van der Waals surface area contributed by atoms with Gasteiger partial charge in [-0.2, -0.15) is 5.26 Å². The highest BCUT2D eigenvalue weighted by molar-refractivity contribution is 5.66. The van der Waals surface area contributed by atoms with E-state index < -0.39 is 0 Å².